The first kappa shape index (κ1) is 24.0. The Labute approximate surface area is 225 Å². The second kappa shape index (κ2) is 9.00. The van der Waals surface area contributed by atoms with Crippen LogP contribution in [0, 0.1) is 11.7 Å². The highest BCUT2D eigenvalue weighted by Gasteiger charge is 2.63. The molecule has 1 saturated heterocycles. The van der Waals surface area contributed by atoms with E-state index in [1.165, 1.54) is 6.07 Å². The number of carbonyl (C=O) groups excluding carboxylic acids is 1. The first-order valence-corrected chi connectivity index (χ1v) is 13.5. The molecular formula is C31H28FNO6. The fraction of sp³-hybridized carbons (Fsp3) is 0.355. The van der Waals surface area contributed by atoms with Gasteiger partial charge in [0, 0.05) is 46.8 Å². The summed E-state index contributed by atoms with van der Waals surface area (Å²) in [4.78, 5) is 26.0. The van der Waals surface area contributed by atoms with E-state index in [2.05, 4.69) is 0 Å². The van der Waals surface area contributed by atoms with Gasteiger partial charge in [-0.1, -0.05) is 6.07 Å². The van der Waals surface area contributed by atoms with Crippen LogP contribution in [-0.2, 0) is 16.6 Å². The van der Waals surface area contributed by atoms with Crippen LogP contribution in [0.25, 0.3) is 0 Å². The Balaban J connectivity index is 1.08. The van der Waals surface area contributed by atoms with E-state index in [0.717, 1.165) is 37.1 Å². The molecule has 3 unspecified atom stereocenters. The maximum atomic E-state index is 15.0. The zero-order chi connectivity index (χ0) is 26.7. The summed E-state index contributed by atoms with van der Waals surface area (Å²) >= 11 is 0. The second-order valence-electron chi connectivity index (χ2n) is 10.9. The smallest absolute Gasteiger partial charge is 0.307 e. The predicted molar refractivity (Wildman–Crippen MR) is 139 cm³/mol. The van der Waals surface area contributed by atoms with E-state index in [4.69, 9.17) is 14.2 Å². The quantitative estimate of drug-likeness (QED) is 0.444. The first-order valence-electron chi connectivity index (χ1n) is 13.5. The maximum Gasteiger partial charge on any atom is 0.307 e. The Morgan fingerprint density at radius 1 is 1.03 bits per heavy atom. The molecule has 0 bridgehead atoms. The minimum absolute atomic E-state index is 0.0349. The molecule has 0 aromatic heterocycles. The number of carboxylic acid groups (broad SMARTS) is 1. The molecule has 2 heterocycles. The van der Waals surface area contributed by atoms with Gasteiger partial charge in [-0.2, -0.15) is 0 Å². The molecule has 1 N–H and O–H groups in total. The molecule has 2 fully saturated rings. The van der Waals surface area contributed by atoms with E-state index >= 15 is 4.39 Å². The summed E-state index contributed by atoms with van der Waals surface area (Å²) in [6, 6.07) is 15.6. The van der Waals surface area contributed by atoms with Crippen LogP contribution < -0.4 is 14.2 Å². The Morgan fingerprint density at radius 2 is 1.79 bits per heavy atom. The summed E-state index contributed by atoms with van der Waals surface area (Å²) in [6.07, 6.45) is 3.38. The molecule has 1 amide bonds. The number of likely N-dealkylation sites (tertiary alicyclic amines) is 1. The summed E-state index contributed by atoms with van der Waals surface area (Å²) in [7, 11) is 0. The predicted octanol–water partition coefficient (Wildman–Crippen LogP) is 5.66. The van der Waals surface area contributed by atoms with Gasteiger partial charge in [-0.05, 0) is 74.6 Å². The minimum atomic E-state index is -0.797. The van der Waals surface area contributed by atoms with Gasteiger partial charge in [0.15, 0.2) is 0 Å². The van der Waals surface area contributed by atoms with Gasteiger partial charge in [-0.15, -0.1) is 0 Å². The van der Waals surface area contributed by atoms with E-state index in [-0.39, 0.29) is 11.7 Å². The third-order valence-electron chi connectivity index (χ3n) is 8.59. The van der Waals surface area contributed by atoms with Gasteiger partial charge < -0.3 is 24.2 Å². The lowest BCUT2D eigenvalue weighted by atomic mass is 9.95. The first-order chi connectivity index (χ1) is 18.9. The zero-order valence-electron chi connectivity index (χ0n) is 21.3. The number of aliphatic carboxylic acids is 1. The topological polar surface area (TPSA) is 85.3 Å². The summed E-state index contributed by atoms with van der Waals surface area (Å²) < 4.78 is 33.2. The van der Waals surface area contributed by atoms with Gasteiger partial charge >= 0.3 is 5.97 Å². The van der Waals surface area contributed by atoms with Crippen molar-refractivity contribution in [2.75, 3.05) is 19.7 Å². The van der Waals surface area contributed by atoms with Crippen molar-refractivity contribution < 1.29 is 33.3 Å². The number of benzene rings is 3. The van der Waals surface area contributed by atoms with Gasteiger partial charge in [0.1, 0.15) is 34.9 Å². The highest BCUT2D eigenvalue weighted by Crippen LogP contribution is 2.60. The highest BCUT2D eigenvalue weighted by atomic mass is 19.1. The lowest BCUT2D eigenvalue weighted by molar-refractivity contribution is -0.139. The second-order valence-corrected chi connectivity index (χ2v) is 10.9. The number of ether oxygens (including phenoxy) is 3. The van der Waals surface area contributed by atoms with Crippen LogP contribution in [0.3, 0.4) is 0 Å². The Morgan fingerprint density at radius 3 is 2.54 bits per heavy atom. The van der Waals surface area contributed by atoms with Crippen molar-refractivity contribution in [3.8, 4) is 23.0 Å². The molecule has 1 saturated carbocycles. The van der Waals surface area contributed by atoms with Crippen molar-refractivity contribution in [1.29, 1.82) is 0 Å². The van der Waals surface area contributed by atoms with Crippen LogP contribution in [0.5, 0.6) is 23.0 Å². The minimum Gasteiger partial charge on any atom is -0.492 e. The highest BCUT2D eigenvalue weighted by molar-refractivity contribution is 5.94. The van der Waals surface area contributed by atoms with Gasteiger partial charge in [-0.25, -0.2) is 4.39 Å². The van der Waals surface area contributed by atoms with Crippen LogP contribution in [0.2, 0.25) is 0 Å². The average Bonchev–Trinajstić information content (AvgIpc) is 3.28. The molecule has 3 atom stereocenters. The molecule has 200 valence electrons. The third kappa shape index (κ3) is 4.01. The van der Waals surface area contributed by atoms with Crippen molar-refractivity contribution in [3.63, 3.8) is 0 Å². The van der Waals surface area contributed by atoms with Crippen LogP contribution >= 0.6 is 0 Å². The van der Waals surface area contributed by atoms with E-state index < -0.39 is 23.4 Å². The Bertz CT molecular complexity index is 1480. The molecule has 8 heteroatoms. The summed E-state index contributed by atoms with van der Waals surface area (Å²) in [5.41, 5.74) is 2.36. The zero-order valence-corrected chi connectivity index (χ0v) is 21.3. The normalized spacial score (nSPS) is 24.3. The summed E-state index contributed by atoms with van der Waals surface area (Å²) in [6.45, 7) is 1.96. The SMILES string of the molecule is O=C(O)C1CC12COc1cc(OC3CCc4c(Oc5ccc(C(=O)N6CCCC6)cc5)ccc(F)c43)ccc12. The maximum absolute atomic E-state index is 15.0. The lowest BCUT2D eigenvalue weighted by Gasteiger charge is -2.18. The van der Waals surface area contributed by atoms with E-state index in [9.17, 15) is 14.7 Å². The molecule has 2 aliphatic carbocycles. The number of halogens is 1. The number of amides is 1. The van der Waals surface area contributed by atoms with E-state index in [0.29, 0.717) is 60.0 Å². The van der Waals surface area contributed by atoms with E-state index in [1.807, 2.05) is 17.0 Å². The Hall–Kier alpha value is -4.07. The lowest BCUT2D eigenvalue weighted by Crippen LogP contribution is -2.27. The third-order valence-corrected chi connectivity index (χ3v) is 8.59. The number of carbonyl (C=O) groups is 2. The fourth-order valence-electron chi connectivity index (χ4n) is 6.39. The van der Waals surface area contributed by atoms with Gasteiger partial charge in [-0.3, -0.25) is 9.59 Å². The number of hydrogen-bond acceptors (Lipinski definition) is 5. The number of rotatable bonds is 6. The monoisotopic (exact) mass is 529 g/mol. The molecule has 3 aromatic rings. The molecule has 2 aliphatic heterocycles. The molecule has 1 spiro atoms. The van der Waals surface area contributed by atoms with Crippen molar-refractivity contribution in [1.82, 2.24) is 4.90 Å². The molecule has 7 nitrogen and oxygen atoms in total. The van der Waals surface area contributed by atoms with Crippen molar-refractivity contribution in [2.24, 2.45) is 5.92 Å². The number of nitrogens with zero attached hydrogens (tertiary/aromatic N) is 1. The molecule has 4 aliphatic rings. The van der Waals surface area contributed by atoms with E-state index in [1.54, 1.807) is 36.4 Å². The standard InChI is InChI=1S/C31H28FNO6/c32-24-10-12-25(38-19-5-3-18(4-6-19)29(34)33-13-1-2-14-33)21-8-11-26(28(21)24)39-20-7-9-22-27(15-20)37-17-31(22)16-23(31)30(35)36/h3-7,9-10,12,15,23,26H,1-2,8,11,13-14,16-17H2,(H,35,36). The van der Waals surface area contributed by atoms with Crippen molar-refractivity contribution >= 4 is 11.9 Å². The Kier molecular flexibility index (Phi) is 5.54. The number of carboxylic acids is 1. The number of hydrogen-bond donors (Lipinski definition) is 1. The van der Waals surface area contributed by atoms with Crippen molar-refractivity contribution in [2.45, 2.75) is 43.6 Å². The van der Waals surface area contributed by atoms with Crippen LogP contribution in [0.15, 0.2) is 54.6 Å². The van der Waals surface area contributed by atoms with Crippen LogP contribution in [-0.4, -0.2) is 41.6 Å². The number of fused-ring (bicyclic) bond motifs is 3. The van der Waals surface area contributed by atoms with Gasteiger partial charge in [0.05, 0.1) is 12.5 Å². The fourth-order valence-corrected chi connectivity index (χ4v) is 6.39. The van der Waals surface area contributed by atoms with Crippen molar-refractivity contribution in [3.05, 3.63) is 82.7 Å². The summed E-state index contributed by atoms with van der Waals surface area (Å²) in [5.74, 6) is 0.826. The van der Waals surface area contributed by atoms with Gasteiger partial charge in [0.2, 0.25) is 0 Å². The molecule has 3 aromatic carbocycles. The molecule has 7 rings (SSSR count). The largest absolute Gasteiger partial charge is 0.492 e. The molecule has 39 heavy (non-hydrogen) atoms. The van der Waals surface area contributed by atoms with Crippen LogP contribution in [0.4, 0.5) is 4.39 Å². The summed E-state index contributed by atoms with van der Waals surface area (Å²) in [5, 5.41) is 9.42. The van der Waals surface area contributed by atoms with Gasteiger partial charge in [0.25, 0.3) is 5.91 Å². The van der Waals surface area contributed by atoms with Crippen LogP contribution in [0.1, 0.15) is 58.8 Å². The molecular weight excluding hydrogens is 501 g/mol. The molecule has 0 radical (unpaired) electrons. The average molecular weight is 530 g/mol.